The van der Waals surface area contributed by atoms with Crippen LogP contribution >= 0.6 is 11.3 Å². The molecular weight excluding hydrogens is 252 g/mol. The zero-order valence-corrected chi connectivity index (χ0v) is 12.8. The second-order valence-electron chi connectivity index (χ2n) is 6.08. The highest BCUT2D eigenvalue weighted by atomic mass is 32.1. The molecule has 1 saturated heterocycles. The number of nitrogens with one attached hydrogen (secondary N) is 1. The molecule has 0 radical (unpaired) electrons. The molecule has 106 valence electrons. The molecule has 1 saturated carbocycles. The van der Waals surface area contributed by atoms with Crippen molar-refractivity contribution in [2.24, 2.45) is 5.92 Å². The van der Waals surface area contributed by atoms with Gasteiger partial charge in [0, 0.05) is 17.0 Å². The van der Waals surface area contributed by atoms with Crippen LogP contribution in [0.2, 0.25) is 0 Å². The van der Waals surface area contributed by atoms with Gasteiger partial charge in [0.1, 0.15) is 0 Å². The molecule has 2 atom stereocenters. The number of hydrogen-bond donors (Lipinski definition) is 1. The van der Waals surface area contributed by atoms with E-state index in [4.69, 9.17) is 0 Å². The molecule has 1 N–H and O–H groups in total. The monoisotopic (exact) mass is 278 g/mol. The maximum absolute atomic E-state index is 3.33. The maximum Gasteiger partial charge on any atom is 0.0472 e. The molecular formula is C16H26N2S. The van der Waals surface area contributed by atoms with Crippen LogP contribution in [-0.2, 0) is 0 Å². The number of rotatable bonds is 6. The lowest BCUT2D eigenvalue weighted by atomic mass is 9.95. The first-order valence-electron chi connectivity index (χ1n) is 7.84. The van der Waals surface area contributed by atoms with E-state index >= 15 is 0 Å². The second kappa shape index (κ2) is 6.38. The van der Waals surface area contributed by atoms with Crippen LogP contribution in [0.1, 0.15) is 49.4 Å². The van der Waals surface area contributed by atoms with Gasteiger partial charge >= 0.3 is 0 Å². The lowest BCUT2D eigenvalue weighted by Gasteiger charge is -2.41. The van der Waals surface area contributed by atoms with Crippen LogP contribution in [0.15, 0.2) is 17.5 Å². The van der Waals surface area contributed by atoms with Crippen molar-refractivity contribution in [3.63, 3.8) is 0 Å². The van der Waals surface area contributed by atoms with Crippen LogP contribution in [0.5, 0.6) is 0 Å². The minimum absolute atomic E-state index is 0.724. The minimum Gasteiger partial charge on any atom is -0.320 e. The van der Waals surface area contributed by atoms with E-state index in [0.29, 0.717) is 0 Å². The molecule has 1 aliphatic carbocycles. The van der Waals surface area contributed by atoms with Crippen LogP contribution in [-0.4, -0.2) is 31.1 Å². The Balaban J connectivity index is 1.75. The lowest BCUT2D eigenvalue weighted by molar-refractivity contribution is 0.0785. The Kier molecular flexibility index (Phi) is 4.57. The summed E-state index contributed by atoms with van der Waals surface area (Å²) < 4.78 is 0. The van der Waals surface area contributed by atoms with Gasteiger partial charge in [-0.3, -0.25) is 4.90 Å². The predicted octanol–water partition coefficient (Wildman–Crippen LogP) is 3.66. The summed E-state index contributed by atoms with van der Waals surface area (Å²) in [5.74, 6) is 0.939. The summed E-state index contributed by atoms with van der Waals surface area (Å²) in [6, 6.07) is 6.11. The number of hydrogen-bond acceptors (Lipinski definition) is 3. The number of piperidine rings is 1. The van der Waals surface area contributed by atoms with Crippen molar-refractivity contribution in [3.8, 4) is 0 Å². The number of thiophene rings is 1. The predicted molar refractivity (Wildman–Crippen MR) is 82.7 cm³/mol. The smallest absolute Gasteiger partial charge is 0.0472 e. The van der Waals surface area contributed by atoms with Crippen molar-refractivity contribution < 1.29 is 0 Å². The normalized spacial score (nSPS) is 26.5. The van der Waals surface area contributed by atoms with Crippen molar-refractivity contribution in [1.29, 1.82) is 0 Å². The topological polar surface area (TPSA) is 15.3 Å². The highest BCUT2D eigenvalue weighted by Gasteiger charge is 2.40. The van der Waals surface area contributed by atoms with E-state index in [-0.39, 0.29) is 0 Å². The zero-order chi connectivity index (χ0) is 13.1. The van der Waals surface area contributed by atoms with Gasteiger partial charge in [-0.25, -0.2) is 0 Å². The quantitative estimate of drug-likeness (QED) is 0.854. The summed E-state index contributed by atoms with van der Waals surface area (Å²) in [4.78, 5) is 4.46. The Morgan fingerprint density at radius 1 is 1.37 bits per heavy atom. The highest BCUT2D eigenvalue weighted by molar-refractivity contribution is 7.10. The number of likely N-dealkylation sites (tertiary alicyclic amines) is 1. The van der Waals surface area contributed by atoms with E-state index in [1.165, 1.54) is 45.1 Å². The van der Waals surface area contributed by atoms with Crippen LogP contribution in [0.4, 0.5) is 0 Å². The molecule has 1 aromatic heterocycles. The first-order chi connectivity index (χ1) is 9.40. The third-order valence-corrected chi connectivity index (χ3v) is 5.60. The summed E-state index contributed by atoms with van der Waals surface area (Å²) in [6.07, 6.45) is 8.41. The summed E-state index contributed by atoms with van der Waals surface area (Å²) >= 11 is 1.96. The van der Waals surface area contributed by atoms with Gasteiger partial charge in [0.25, 0.3) is 0 Å². The molecule has 2 unspecified atom stereocenters. The molecule has 2 aliphatic rings. The molecule has 1 aliphatic heterocycles. The van der Waals surface area contributed by atoms with Crippen molar-refractivity contribution >= 4 is 11.3 Å². The number of nitrogens with zero attached hydrogens (tertiary/aromatic N) is 1. The van der Waals surface area contributed by atoms with Gasteiger partial charge in [0.2, 0.25) is 0 Å². The molecule has 19 heavy (non-hydrogen) atoms. The van der Waals surface area contributed by atoms with E-state index in [0.717, 1.165) is 24.5 Å². The molecule has 0 bridgehead atoms. The lowest BCUT2D eigenvalue weighted by Crippen LogP contribution is -2.43. The second-order valence-corrected chi connectivity index (χ2v) is 7.06. The van der Waals surface area contributed by atoms with Crippen LogP contribution < -0.4 is 5.32 Å². The van der Waals surface area contributed by atoms with E-state index in [9.17, 15) is 0 Å². The molecule has 0 spiro atoms. The Morgan fingerprint density at radius 3 is 2.95 bits per heavy atom. The van der Waals surface area contributed by atoms with Gasteiger partial charge in [-0.15, -0.1) is 11.3 Å². The maximum atomic E-state index is 3.33. The van der Waals surface area contributed by atoms with Crippen LogP contribution in [0.3, 0.4) is 0 Å². The Bertz CT molecular complexity index is 372. The molecule has 0 amide bonds. The van der Waals surface area contributed by atoms with Crippen molar-refractivity contribution in [2.75, 3.05) is 20.1 Å². The first kappa shape index (κ1) is 13.6. The van der Waals surface area contributed by atoms with Crippen molar-refractivity contribution in [3.05, 3.63) is 22.4 Å². The molecule has 2 fully saturated rings. The summed E-state index contributed by atoms with van der Waals surface area (Å²) in [6.45, 7) is 2.47. The van der Waals surface area contributed by atoms with E-state index in [2.05, 4.69) is 34.8 Å². The minimum atomic E-state index is 0.724. The molecule has 2 nitrogen and oxygen atoms in total. The van der Waals surface area contributed by atoms with E-state index < -0.39 is 0 Å². The standard InChI is InChI=1S/C16H26N2S/c1-17-10-9-14-5-2-3-11-18(14)16(13-7-8-13)15-6-4-12-19-15/h4,6,12-14,16-17H,2-3,5,7-11H2,1H3. The summed E-state index contributed by atoms with van der Waals surface area (Å²) in [5, 5.41) is 5.58. The van der Waals surface area contributed by atoms with E-state index in [1.54, 1.807) is 4.88 Å². The Hall–Kier alpha value is -0.380. The fraction of sp³-hybridized carbons (Fsp3) is 0.750. The molecule has 3 heteroatoms. The van der Waals surface area contributed by atoms with Crippen LogP contribution in [0.25, 0.3) is 0 Å². The zero-order valence-electron chi connectivity index (χ0n) is 12.0. The summed E-state index contributed by atoms with van der Waals surface area (Å²) in [5.41, 5.74) is 0. The Labute approximate surface area is 121 Å². The average molecular weight is 278 g/mol. The molecule has 3 rings (SSSR count). The van der Waals surface area contributed by atoms with Crippen molar-refractivity contribution in [1.82, 2.24) is 10.2 Å². The van der Waals surface area contributed by atoms with Gasteiger partial charge in [-0.1, -0.05) is 12.5 Å². The van der Waals surface area contributed by atoms with E-state index in [1.807, 2.05) is 11.3 Å². The Morgan fingerprint density at radius 2 is 2.26 bits per heavy atom. The highest BCUT2D eigenvalue weighted by Crippen LogP contribution is 2.47. The van der Waals surface area contributed by atoms with Crippen LogP contribution in [0, 0.1) is 5.92 Å². The fourth-order valence-electron chi connectivity index (χ4n) is 3.55. The third-order valence-electron chi connectivity index (χ3n) is 4.66. The SMILES string of the molecule is CNCCC1CCCCN1C(c1cccs1)C1CC1. The average Bonchev–Trinajstić information content (AvgIpc) is 3.13. The first-order valence-corrected chi connectivity index (χ1v) is 8.72. The van der Waals surface area contributed by atoms with Crippen molar-refractivity contribution in [2.45, 2.75) is 50.6 Å². The van der Waals surface area contributed by atoms with Gasteiger partial charge in [-0.2, -0.15) is 0 Å². The molecule has 0 aromatic carbocycles. The third kappa shape index (κ3) is 3.21. The van der Waals surface area contributed by atoms with Gasteiger partial charge in [0.15, 0.2) is 0 Å². The van der Waals surface area contributed by atoms with Gasteiger partial charge in [0.05, 0.1) is 0 Å². The van der Waals surface area contributed by atoms with Gasteiger partial charge < -0.3 is 5.32 Å². The largest absolute Gasteiger partial charge is 0.320 e. The molecule has 1 aromatic rings. The molecule has 2 heterocycles. The summed E-state index contributed by atoms with van der Waals surface area (Å²) in [7, 11) is 2.07. The fourth-order valence-corrected chi connectivity index (χ4v) is 4.49. The van der Waals surface area contributed by atoms with Gasteiger partial charge in [-0.05, 0) is 69.6 Å².